The highest BCUT2D eigenvalue weighted by Gasteiger charge is 2.32. The number of rotatable bonds is 8. The van der Waals surface area contributed by atoms with E-state index in [-0.39, 0.29) is 12.1 Å². The minimum Gasteiger partial charge on any atom is -0.460 e. The van der Waals surface area contributed by atoms with E-state index in [9.17, 15) is 9.90 Å². The Morgan fingerprint density at radius 2 is 1.68 bits per heavy atom. The van der Waals surface area contributed by atoms with Gasteiger partial charge in [0.1, 0.15) is 5.60 Å². The van der Waals surface area contributed by atoms with Crippen LogP contribution >= 0.6 is 0 Å². The minimum atomic E-state index is -0.529. The molecule has 114 valence electrons. The first kappa shape index (κ1) is 18.4. The predicted molar refractivity (Wildman–Crippen MR) is 79.0 cm³/mol. The second-order valence-corrected chi connectivity index (χ2v) is 7.07. The molecule has 3 heteroatoms. The molecule has 1 atom stereocenters. The maximum atomic E-state index is 12.0. The summed E-state index contributed by atoms with van der Waals surface area (Å²) in [6.45, 7) is 11.6. The molecule has 0 aromatic heterocycles. The Labute approximate surface area is 118 Å². The third kappa shape index (κ3) is 9.04. The Kier molecular flexibility index (Phi) is 7.65. The summed E-state index contributed by atoms with van der Waals surface area (Å²) in [6, 6.07) is 0. The van der Waals surface area contributed by atoms with Gasteiger partial charge in [0, 0.05) is 0 Å². The zero-order valence-electron chi connectivity index (χ0n) is 13.6. The van der Waals surface area contributed by atoms with Crippen LogP contribution in [0.15, 0.2) is 0 Å². The van der Waals surface area contributed by atoms with Crippen molar-refractivity contribution in [3.63, 3.8) is 0 Å². The molecule has 0 saturated carbocycles. The van der Waals surface area contributed by atoms with Gasteiger partial charge in [-0.15, -0.1) is 0 Å². The fraction of sp³-hybridized carbons (Fsp3) is 0.938. The summed E-state index contributed by atoms with van der Waals surface area (Å²) in [5.74, 6) is -0.180. The molecule has 0 spiro atoms. The van der Waals surface area contributed by atoms with Crippen molar-refractivity contribution < 1.29 is 14.6 Å². The monoisotopic (exact) mass is 272 g/mol. The smallest absolute Gasteiger partial charge is 0.312 e. The molecule has 0 rings (SSSR count). The van der Waals surface area contributed by atoms with Gasteiger partial charge in [-0.2, -0.15) is 0 Å². The van der Waals surface area contributed by atoms with Crippen LogP contribution in [0, 0.1) is 5.41 Å². The molecule has 0 aromatic carbocycles. The summed E-state index contributed by atoms with van der Waals surface area (Å²) in [7, 11) is 0. The molecule has 3 nitrogen and oxygen atoms in total. The standard InChI is InChI=1S/C16H32O3/c1-7-8-9-10-13(17)11-12-16(5,6)14(18)19-15(2,3)4/h13,17H,7-12H2,1-6H3. The van der Waals surface area contributed by atoms with Gasteiger partial charge in [-0.1, -0.05) is 26.2 Å². The van der Waals surface area contributed by atoms with Crippen LogP contribution < -0.4 is 0 Å². The largest absolute Gasteiger partial charge is 0.460 e. The van der Waals surface area contributed by atoms with E-state index in [1.807, 2.05) is 34.6 Å². The maximum Gasteiger partial charge on any atom is 0.312 e. The number of hydrogen-bond acceptors (Lipinski definition) is 3. The highest BCUT2D eigenvalue weighted by atomic mass is 16.6. The normalized spacial score (nSPS) is 14.3. The van der Waals surface area contributed by atoms with E-state index in [0.717, 1.165) is 25.7 Å². The van der Waals surface area contributed by atoms with Crippen LogP contribution in [0.2, 0.25) is 0 Å². The summed E-state index contributed by atoms with van der Waals surface area (Å²) in [5.41, 5.74) is -0.979. The first-order valence-electron chi connectivity index (χ1n) is 7.50. The van der Waals surface area contributed by atoms with E-state index in [4.69, 9.17) is 4.74 Å². The third-order valence-electron chi connectivity index (χ3n) is 3.19. The van der Waals surface area contributed by atoms with E-state index in [1.54, 1.807) is 0 Å². The Balaban J connectivity index is 4.11. The van der Waals surface area contributed by atoms with Crippen molar-refractivity contribution in [2.45, 2.75) is 91.8 Å². The molecule has 19 heavy (non-hydrogen) atoms. The molecule has 0 fully saturated rings. The third-order valence-corrected chi connectivity index (χ3v) is 3.19. The Bertz CT molecular complexity index is 264. The van der Waals surface area contributed by atoms with Gasteiger partial charge in [0.2, 0.25) is 0 Å². The van der Waals surface area contributed by atoms with Crippen molar-refractivity contribution in [3.8, 4) is 0 Å². The molecule has 0 radical (unpaired) electrons. The van der Waals surface area contributed by atoms with Crippen molar-refractivity contribution in [3.05, 3.63) is 0 Å². The molecule has 0 heterocycles. The number of aliphatic hydroxyl groups is 1. The van der Waals surface area contributed by atoms with E-state index in [2.05, 4.69) is 6.92 Å². The van der Waals surface area contributed by atoms with E-state index >= 15 is 0 Å². The van der Waals surface area contributed by atoms with E-state index < -0.39 is 11.0 Å². The Hall–Kier alpha value is -0.570. The summed E-state index contributed by atoms with van der Waals surface area (Å²) >= 11 is 0. The molecule has 0 bridgehead atoms. The zero-order valence-corrected chi connectivity index (χ0v) is 13.6. The maximum absolute atomic E-state index is 12.0. The summed E-state index contributed by atoms with van der Waals surface area (Å²) in [6.07, 6.45) is 5.24. The van der Waals surface area contributed by atoms with Crippen molar-refractivity contribution in [2.75, 3.05) is 0 Å². The number of carbonyl (C=O) groups is 1. The lowest BCUT2D eigenvalue weighted by molar-refractivity contribution is -0.166. The molecule has 0 saturated heterocycles. The molecule has 0 aliphatic carbocycles. The van der Waals surface area contributed by atoms with Crippen LogP contribution in [0.3, 0.4) is 0 Å². The van der Waals surface area contributed by atoms with Crippen molar-refractivity contribution in [1.82, 2.24) is 0 Å². The van der Waals surface area contributed by atoms with Crippen LogP contribution in [0.1, 0.15) is 80.1 Å². The van der Waals surface area contributed by atoms with Gasteiger partial charge < -0.3 is 9.84 Å². The van der Waals surface area contributed by atoms with Crippen molar-refractivity contribution >= 4 is 5.97 Å². The van der Waals surface area contributed by atoms with Gasteiger partial charge in [-0.25, -0.2) is 0 Å². The van der Waals surface area contributed by atoms with Crippen molar-refractivity contribution in [1.29, 1.82) is 0 Å². The summed E-state index contributed by atoms with van der Waals surface area (Å²) in [5, 5.41) is 9.90. The van der Waals surface area contributed by atoms with Gasteiger partial charge in [-0.05, 0) is 53.9 Å². The topological polar surface area (TPSA) is 46.5 Å². The average Bonchev–Trinajstić information content (AvgIpc) is 2.24. The van der Waals surface area contributed by atoms with Gasteiger partial charge in [0.15, 0.2) is 0 Å². The van der Waals surface area contributed by atoms with E-state index in [0.29, 0.717) is 12.8 Å². The van der Waals surface area contributed by atoms with Crippen LogP contribution in [0.4, 0.5) is 0 Å². The number of esters is 1. The molecule has 0 aliphatic heterocycles. The molecule has 0 aromatic rings. The van der Waals surface area contributed by atoms with Gasteiger partial charge in [0.05, 0.1) is 11.5 Å². The fourth-order valence-electron chi connectivity index (χ4n) is 1.82. The van der Waals surface area contributed by atoms with Gasteiger partial charge in [-0.3, -0.25) is 4.79 Å². The molecular weight excluding hydrogens is 240 g/mol. The van der Waals surface area contributed by atoms with Gasteiger partial charge in [0.25, 0.3) is 0 Å². The number of hydrogen-bond donors (Lipinski definition) is 1. The lowest BCUT2D eigenvalue weighted by Gasteiger charge is -2.29. The highest BCUT2D eigenvalue weighted by molar-refractivity contribution is 5.76. The SMILES string of the molecule is CCCCCC(O)CCC(C)(C)C(=O)OC(C)(C)C. The number of ether oxygens (including phenoxy) is 1. The number of aliphatic hydroxyl groups excluding tert-OH is 1. The minimum absolute atomic E-state index is 0.180. The van der Waals surface area contributed by atoms with Crippen LogP contribution in [-0.4, -0.2) is 22.8 Å². The molecule has 0 aliphatic rings. The molecular formula is C16H32O3. The molecule has 1 N–H and O–H groups in total. The highest BCUT2D eigenvalue weighted by Crippen LogP contribution is 2.28. The second-order valence-electron chi connectivity index (χ2n) is 7.07. The summed E-state index contributed by atoms with van der Waals surface area (Å²) < 4.78 is 5.41. The lowest BCUT2D eigenvalue weighted by Crippen LogP contribution is -2.34. The van der Waals surface area contributed by atoms with Gasteiger partial charge >= 0.3 is 5.97 Å². The molecule has 1 unspecified atom stereocenters. The average molecular weight is 272 g/mol. The zero-order chi connectivity index (χ0) is 15.1. The number of unbranched alkanes of at least 4 members (excludes halogenated alkanes) is 2. The van der Waals surface area contributed by atoms with Crippen LogP contribution in [0.25, 0.3) is 0 Å². The van der Waals surface area contributed by atoms with Crippen LogP contribution in [0.5, 0.6) is 0 Å². The fourth-order valence-corrected chi connectivity index (χ4v) is 1.82. The lowest BCUT2D eigenvalue weighted by atomic mass is 9.86. The Morgan fingerprint density at radius 3 is 2.16 bits per heavy atom. The first-order valence-corrected chi connectivity index (χ1v) is 7.50. The quantitative estimate of drug-likeness (QED) is 0.535. The second kappa shape index (κ2) is 7.88. The van der Waals surface area contributed by atoms with E-state index in [1.165, 1.54) is 0 Å². The first-order chi connectivity index (χ1) is 8.58. The number of carbonyl (C=O) groups excluding carboxylic acids is 1. The Morgan fingerprint density at radius 1 is 1.11 bits per heavy atom. The summed E-state index contributed by atoms with van der Waals surface area (Å²) in [4.78, 5) is 12.0. The van der Waals surface area contributed by atoms with Crippen LogP contribution in [-0.2, 0) is 9.53 Å². The predicted octanol–water partition coefficient (Wildman–Crippen LogP) is 4.08. The molecule has 0 amide bonds. The van der Waals surface area contributed by atoms with Crippen molar-refractivity contribution in [2.24, 2.45) is 5.41 Å².